The summed E-state index contributed by atoms with van der Waals surface area (Å²) in [7, 11) is 3.12. The van der Waals surface area contributed by atoms with E-state index >= 15 is 0 Å². The van der Waals surface area contributed by atoms with E-state index in [2.05, 4.69) is 0 Å². The average Bonchev–Trinajstić information content (AvgIpc) is 2.46. The summed E-state index contributed by atoms with van der Waals surface area (Å²) in [6.07, 6.45) is 0. The fraction of sp³-hybridized carbons (Fsp3) is 0.133. The summed E-state index contributed by atoms with van der Waals surface area (Å²) in [6.45, 7) is 0. The second kappa shape index (κ2) is 5.44. The highest BCUT2D eigenvalue weighted by Crippen LogP contribution is 2.23. The minimum atomic E-state index is -0.0861. The molecule has 0 atom stereocenters. The van der Waals surface area contributed by atoms with Crippen molar-refractivity contribution in [2.75, 3.05) is 20.0 Å². The molecule has 0 unspecified atom stereocenters. The van der Waals surface area contributed by atoms with Gasteiger partial charge in [-0.15, -0.1) is 0 Å². The number of anilines is 1. The molecule has 4 heteroatoms. The molecule has 0 fully saturated rings. The van der Waals surface area contributed by atoms with Gasteiger partial charge >= 0.3 is 0 Å². The molecule has 0 spiro atoms. The van der Waals surface area contributed by atoms with Crippen LogP contribution < -0.4 is 15.2 Å². The summed E-state index contributed by atoms with van der Waals surface area (Å²) in [4.78, 5) is 12.3. The Morgan fingerprint density at radius 2 is 1.58 bits per heavy atom. The molecule has 2 aromatic rings. The first-order chi connectivity index (χ1) is 9.15. The van der Waals surface area contributed by atoms with Gasteiger partial charge < -0.3 is 15.2 Å². The molecule has 0 bridgehead atoms. The van der Waals surface area contributed by atoms with Crippen molar-refractivity contribution in [2.24, 2.45) is 0 Å². The van der Waals surface area contributed by atoms with Gasteiger partial charge in [0.05, 0.1) is 19.9 Å². The number of ether oxygens (including phenoxy) is 2. The zero-order valence-corrected chi connectivity index (χ0v) is 10.8. The molecular formula is C15H15NO3. The van der Waals surface area contributed by atoms with E-state index < -0.39 is 0 Å². The summed E-state index contributed by atoms with van der Waals surface area (Å²) < 4.78 is 10.1. The molecule has 4 nitrogen and oxygen atoms in total. The number of nitrogen functional groups attached to an aromatic ring is 1. The maximum absolute atomic E-state index is 12.3. The van der Waals surface area contributed by atoms with Crippen LogP contribution in [-0.2, 0) is 0 Å². The lowest BCUT2D eigenvalue weighted by Crippen LogP contribution is -2.03. The van der Waals surface area contributed by atoms with E-state index in [0.717, 1.165) is 0 Å². The van der Waals surface area contributed by atoms with E-state index in [9.17, 15) is 4.79 Å². The van der Waals surface area contributed by atoms with Crippen molar-refractivity contribution in [1.82, 2.24) is 0 Å². The summed E-state index contributed by atoms with van der Waals surface area (Å²) in [6, 6.07) is 11.9. The molecule has 98 valence electrons. The predicted molar refractivity (Wildman–Crippen MR) is 73.8 cm³/mol. The molecule has 0 aliphatic carbocycles. The van der Waals surface area contributed by atoms with E-state index in [1.54, 1.807) is 49.6 Å². The van der Waals surface area contributed by atoms with Crippen LogP contribution in [0.3, 0.4) is 0 Å². The number of hydrogen-bond donors (Lipinski definition) is 1. The van der Waals surface area contributed by atoms with Crippen molar-refractivity contribution in [1.29, 1.82) is 0 Å². The lowest BCUT2D eigenvalue weighted by molar-refractivity contribution is 0.103. The monoisotopic (exact) mass is 257 g/mol. The van der Waals surface area contributed by atoms with Crippen molar-refractivity contribution in [3.05, 3.63) is 53.6 Å². The van der Waals surface area contributed by atoms with Crippen LogP contribution in [-0.4, -0.2) is 20.0 Å². The normalized spacial score (nSPS) is 10.0. The number of benzene rings is 2. The third-order valence-electron chi connectivity index (χ3n) is 2.84. The van der Waals surface area contributed by atoms with Gasteiger partial charge in [-0.1, -0.05) is 0 Å². The molecule has 0 amide bonds. The molecular weight excluding hydrogens is 242 g/mol. The zero-order valence-electron chi connectivity index (χ0n) is 10.8. The van der Waals surface area contributed by atoms with Crippen LogP contribution in [0.4, 0.5) is 5.69 Å². The van der Waals surface area contributed by atoms with Crippen LogP contribution >= 0.6 is 0 Å². The van der Waals surface area contributed by atoms with Crippen molar-refractivity contribution < 1.29 is 14.3 Å². The Morgan fingerprint density at radius 1 is 0.947 bits per heavy atom. The lowest BCUT2D eigenvalue weighted by Gasteiger charge is -2.07. The number of hydrogen-bond acceptors (Lipinski definition) is 4. The van der Waals surface area contributed by atoms with E-state index in [-0.39, 0.29) is 5.78 Å². The Bertz CT molecular complexity index is 591. The number of rotatable bonds is 4. The third-order valence-corrected chi connectivity index (χ3v) is 2.84. The van der Waals surface area contributed by atoms with Gasteiger partial charge in [0.15, 0.2) is 5.78 Å². The SMILES string of the molecule is COc1ccc(C(=O)c2ccc(OC)c(N)c2)cc1. The van der Waals surface area contributed by atoms with Crippen LogP contribution in [0.25, 0.3) is 0 Å². The molecule has 0 aliphatic rings. The molecule has 0 radical (unpaired) electrons. The topological polar surface area (TPSA) is 61.5 Å². The second-order valence-corrected chi connectivity index (χ2v) is 4.01. The van der Waals surface area contributed by atoms with Crippen molar-refractivity contribution in [3.63, 3.8) is 0 Å². The van der Waals surface area contributed by atoms with Crippen molar-refractivity contribution >= 4 is 11.5 Å². The molecule has 2 N–H and O–H groups in total. The first-order valence-electron chi connectivity index (χ1n) is 5.78. The Hall–Kier alpha value is -2.49. The smallest absolute Gasteiger partial charge is 0.193 e. The minimum absolute atomic E-state index is 0.0861. The summed E-state index contributed by atoms with van der Waals surface area (Å²) in [5.41, 5.74) is 7.36. The van der Waals surface area contributed by atoms with E-state index in [1.807, 2.05) is 0 Å². The number of ketones is 1. The van der Waals surface area contributed by atoms with Crippen LogP contribution in [0.2, 0.25) is 0 Å². The summed E-state index contributed by atoms with van der Waals surface area (Å²) >= 11 is 0. The predicted octanol–water partition coefficient (Wildman–Crippen LogP) is 2.52. The maximum Gasteiger partial charge on any atom is 0.193 e. The summed E-state index contributed by atoms with van der Waals surface area (Å²) in [5.74, 6) is 1.19. The average molecular weight is 257 g/mol. The van der Waals surface area contributed by atoms with Crippen LogP contribution in [0.5, 0.6) is 11.5 Å². The van der Waals surface area contributed by atoms with Gasteiger partial charge in [-0.25, -0.2) is 0 Å². The van der Waals surface area contributed by atoms with Crippen LogP contribution in [0.1, 0.15) is 15.9 Å². The van der Waals surface area contributed by atoms with Gasteiger partial charge in [-0.05, 0) is 42.5 Å². The van der Waals surface area contributed by atoms with Gasteiger partial charge in [0.2, 0.25) is 0 Å². The Labute approximate surface area is 111 Å². The molecule has 2 aromatic carbocycles. The maximum atomic E-state index is 12.3. The van der Waals surface area contributed by atoms with Gasteiger partial charge in [0.1, 0.15) is 11.5 Å². The van der Waals surface area contributed by atoms with E-state index in [4.69, 9.17) is 15.2 Å². The molecule has 0 saturated heterocycles. The van der Waals surface area contributed by atoms with Gasteiger partial charge in [-0.3, -0.25) is 4.79 Å². The first kappa shape index (κ1) is 13.0. The third kappa shape index (κ3) is 2.68. The minimum Gasteiger partial charge on any atom is -0.497 e. The van der Waals surface area contributed by atoms with E-state index in [0.29, 0.717) is 28.3 Å². The fourth-order valence-electron chi connectivity index (χ4n) is 1.78. The van der Waals surface area contributed by atoms with Crippen LogP contribution in [0, 0.1) is 0 Å². The molecule has 0 heterocycles. The number of carbonyl (C=O) groups excluding carboxylic acids is 1. The molecule has 0 aliphatic heterocycles. The largest absolute Gasteiger partial charge is 0.497 e. The first-order valence-corrected chi connectivity index (χ1v) is 5.78. The Balaban J connectivity index is 2.30. The number of methoxy groups -OCH3 is 2. The lowest BCUT2D eigenvalue weighted by atomic mass is 10.0. The second-order valence-electron chi connectivity index (χ2n) is 4.01. The Kier molecular flexibility index (Phi) is 3.71. The van der Waals surface area contributed by atoms with Gasteiger partial charge in [-0.2, -0.15) is 0 Å². The number of nitrogens with two attached hydrogens (primary N) is 1. The zero-order chi connectivity index (χ0) is 13.8. The fourth-order valence-corrected chi connectivity index (χ4v) is 1.78. The van der Waals surface area contributed by atoms with Crippen LogP contribution in [0.15, 0.2) is 42.5 Å². The molecule has 0 aromatic heterocycles. The van der Waals surface area contributed by atoms with E-state index in [1.165, 1.54) is 7.11 Å². The molecule has 0 saturated carbocycles. The Morgan fingerprint density at radius 3 is 2.11 bits per heavy atom. The van der Waals surface area contributed by atoms with Gasteiger partial charge in [0, 0.05) is 11.1 Å². The highest BCUT2D eigenvalue weighted by molar-refractivity contribution is 6.09. The van der Waals surface area contributed by atoms with Crippen molar-refractivity contribution in [3.8, 4) is 11.5 Å². The molecule has 2 rings (SSSR count). The number of carbonyl (C=O) groups is 1. The standard InChI is InChI=1S/C15H15NO3/c1-18-12-6-3-10(4-7-12)15(17)11-5-8-14(19-2)13(16)9-11/h3-9H,16H2,1-2H3. The molecule has 19 heavy (non-hydrogen) atoms. The quantitative estimate of drug-likeness (QED) is 0.675. The van der Waals surface area contributed by atoms with Crippen molar-refractivity contribution in [2.45, 2.75) is 0 Å². The highest BCUT2D eigenvalue weighted by atomic mass is 16.5. The highest BCUT2D eigenvalue weighted by Gasteiger charge is 2.11. The summed E-state index contributed by atoms with van der Waals surface area (Å²) in [5, 5.41) is 0. The van der Waals surface area contributed by atoms with Gasteiger partial charge in [0.25, 0.3) is 0 Å².